The van der Waals surface area contributed by atoms with Crippen LogP contribution in [0.5, 0.6) is 0 Å². The summed E-state index contributed by atoms with van der Waals surface area (Å²) in [6.07, 6.45) is -4.39. The first-order valence-electron chi connectivity index (χ1n) is 9.01. The number of halogens is 3. The number of hydrogen-bond donors (Lipinski definition) is 2. The number of aryl methyl sites for hydroxylation is 1. The molecule has 0 aliphatic heterocycles. The van der Waals surface area contributed by atoms with Gasteiger partial charge in [-0.2, -0.15) is 13.2 Å². The molecule has 0 aliphatic carbocycles. The number of rotatable bonds is 3. The van der Waals surface area contributed by atoms with Gasteiger partial charge in [-0.05, 0) is 61.6 Å². The van der Waals surface area contributed by atoms with Crippen molar-refractivity contribution in [2.75, 3.05) is 10.6 Å². The first-order chi connectivity index (χ1) is 14.3. The van der Waals surface area contributed by atoms with Gasteiger partial charge in [0.05, 0.1) is 15.8 Å². The van der Waals surface area contributed by atoms with E-state index in [-0.39, 0.29) is 0 Å². The van der Waals surface area contributed by atoms with Gasteiger partial charge >= 0.3 is 6.18 Å². The van der Waals surface area contributed by atoms with E-state index in [0.717, 1.165) is 34.6 Å². The molecule has 0 spiro atoms. The number of thiazole rings is 1. The highest BCUT2D eigenvalue weighted by molar-refractivity contribution is 7.80. The molecule has 0 fully saturated rings. The van der Waals surface area contributed by atoms with Crippen LogP contribution in [0.4, 0.5) is 24.5 Å². The molecular formula is C22H16F3N3S2. The molecule has 0 saturated carbocycles. The summed E-state index contributed by atoms with van der Waals surface area (Å²) in [5.41, 5.74) is 3.22. The van der Waals surface area contributed by atoms with Crippen molar-refractivity contribution in [3.8, 4) is 10.6 Å². The standard InChI is InChI=1S/C22H16F3N3S2/c1-13-5-8-16(9-6-13)26-21(29)27-17-4-2-3-14(11-17)20-28-18-12-15(22(23,24)25)7-10-19(18)30-20/h2-12H,1H3,(H2,26,27,29). The Morgan fingerprint density at radius 3 is 2.40 bits per heavy atom. The quantitative estimate of drug-likeness (QED) is 0.331. The first kappa shape index (κ1) is 20.3. The van der Waals surface area contributed by atoms with Crippen LogP contribution in [0.3, 0.4) is 0 Å². The number of thiocarbonyl (C=S) groups is 1. The topological polar surface area (TPSA) is 37.0 Å². The van der Waals surface area contributed by atoms with E-state index in [0.29, 0.717) is 20.3 Å². The Hall–Kier alpha value is -2.97. The summed E-state index contributed by atoms with van der Waals surface area (Å²) in [5.74, 6) is 0. The Bertz CT molecular complexity index is 1210. The maximum atomic E-state index is 12.9. The first-order valence-corrected chi connectivity index (χ1v) is 10.2. The molecule has 8 heteroatoms. The fourth-order valence-corrected chi connectivity index (χ4v) is 4.07. The monoisotopic (exact) mass is 443 g/mol. The Labute approximate surface area is 180 Å². The third-order valence-electron chi connectivity index (χ3n) is 4.39. The number of benzene rings is 3. The molecule has 1 heterocycles. The lowest BCUT2D eigenvalue weighted by Crippen LogP contribution is -2.18. The van der Waals surface area contributed by atoms with Crippen LogP contribution in [0.15, 0.2) is 66.7 Å². The average molecular weight is 444 g/mol. The minimum Gasteiger partial charge on any atom is -0.332 e. The number of aromatic nitrogens is 1. The lowest BCUT2D eigenvalue weighted by Gasteiger charge is -2.11. The molecule has 4 rings (SSSR count). The number of nitrogens with one attached hydrogen (secondary N) is 2. The second-order valence-corrected chi connectivity index (χ2v) is 8.16. The number of nitrogens with zero attached hydrogens (tertiary/aromatic N) is 1. The zero-order chi connectivity index (χ0) is 21.3. The van der Waals surface area contributed by atoms with E-state index in [2.05, 4.69) is 15.6 Å². The molecule has 2 N–H and O–H groups in total. The number of hydrogen-bond acceptors (Lipinski definition) is 3. The van der Waals surface area contributed by atoms with Crippen molar-refractivity contribution >= 4 is 50.3 Å². The number of fused-ring (bicyclic) bond motifs is 1. The summed E-state index contributed by atoms with van der Waals surface area (Å²) in [6.45, 7) is 2.01. The smallest absolute Gasteiger partial charge is 0.332 e. The van der Waals surface area contributed by atoms with Crippen molar-refractivity contribution in [1.29, 1.82) is 0 Å². The van der Waals surface area contributed by atoms with Gasteiger partial charge in [-0.25, -0.2) is 4.98 Å². The molecule has 0 unspecified atom stereocenters. The summed E-state index contributed by atoms with van der Waals surface area (Å²) >= 11 is 6.72. The lowest BCUT2D eigenvalue weighted by atomic mass is 10.2. The van der Waals surface area contributed by atoms with Gasteiger partial charge in [-0.3, -0.25) is 0 Å². The van der Waals surface area contributed by atoms with Crippen molar-refractivity contribution in [3.63, 3.8) is 0 Å². The van der Waals surface area contributed by atoms with E-state index in [1.807, 2.05) is 55.5 Å². The van der Waals surface area contributed by atoms with Gasteiger partial charge in [0.15, 0.2) is 5.11 Å². The van der Waals surface area contributed by atoms with E-state index in [1.54, 1.807) is 0 Å². The largest absolute Gasteiger partial charge is 0.416 e. The van der Waals surface area contributed by atoms with E-state index in [1.165, 1.54) is 17.4 Å². The zero-order valence-electron chi connectivity index (χ0n) is 15.7. The summed E-state index contributed by atoms with van der Waals surface area (Å²) < 4.78 is 39.5. The van der Waals surface area contributed by atoms with Crippen LogP contribution >= 0.6 is 23.6 Å². The van der Waals surface area contributed by atoms with E-state index < -0.39 is 11.7 Å². The highest BCUT2D eigenvalue weighted by Gasteiger charge is 2.30. The van der Waals surface area contributed by atoms with Crippen LogP contribution in [-0.2, 0) is 6.18 Å². The second kappa shape index (κ2) is 8.04. The van der Waals surface area contributed by atoms with Crippen molar-refractivity contribution in [2.45, 2.75) is 13.1 Å². The third-order valence-corrected chi connectivity index (χ3v) is 5.68. The van der Waals surface area contributed by atoms with Crippen LogP contribution in [0.2, 0.25) is 0 Å². The highest BCUT2D eigenvalue weighted by Crippen LogP contribution is 2.35. The van der Waals surface area contributed by atoms with Crippen LogP contribution in [-0.4, -0.2) is 10.1 Å². The Morgan fingerprint density at radius 2 is 1.67 bits per heavy atom. The number of anilines is 2. The van der Waals surface area contributed by atoms with Gasteiger partial charge < -0.3 is 10.6 Å². The maximum Gasteiger partial charge on any atom is 0.416 e. The molecule has 0 amide bonds. The average Bonchev–Trinajstić information content (AvgIpc) is 3.13. The Balaban J connectivity index is 1.54. The van der Waals surface area contributed by atoms with Gasteiger partial charge in [0.25, 0.3) is 0 Å². The van der Waals surface area contributed by atoms with E-state index >= 15 is 0 Å². The number of alkyl halides is 3. The predicted molar refractivity (Wildman–Crippen MR) is 121 cm³/mol. The fraction of sp³-hybridized carbons (Fsp3) is 0.0909. The summed E-state index contributed by atoms with van der Waals surface area (Å²) in [7, 11) is 0. The molecule has 0 saturated heterocycles. The molecule has 0 atom stereocenters. The molecule has 152 valence electrons. The molecule has 0 bridgehead atoms. The second-order valence-electron chi connectivity index (χ2n) is 6.73. The van der Waals surface area contributed by atoms with E-state index in [9.17, 15) is 13.2 Å². The van der Waals surface area contributed by atoms with Crippen LogP contribution in [0.25, 0.3) is 20.8 Å². The van der Waals surface area contributed by atoms with E-state index in [4.69, 9.17) is 12.2 Å². The van der Waals surface area contributed by atoms with Crippen molar-refractivity contribution < 1.29 is 13.2 Å². The lowest BCUT2D eigenvalue weighted by molar-refractivity contribution is -0.137. The highest BCUT2D eigenvalue weighted by atomic mass is 32.1. The summed E-state index contributed by atoms with van der Waals surface area (Å²) in [4.78, 5) is 4.40. The SMILES string of the molecule is Cc1ccc(NC(=S)Nc2cccc(-c3nc4cc(C(F)(F)F)ccc4s3)c2)cc1. The third kappa shape index (κ3) is 4.60. The van der Waals surface area contributed by atoms with Crippen LogP contribution in [0.1, 0.15) is 11.1 Å². The Morgan fingerprint density at radius 1 is 0.933 bits per heavy atom. The van der Waals surface area contributed by atoms with Gasteiger partial charge in [-0.1, -0.05) is 29.8 Å². The van der Waals surface area contributed by atoms with Gasteiger partial charge in [0.1, 0.15) is 5.01 Å². The molecule has 0 radical (unpaired) electrons. The zero-order valence-corrected chi connectivity index (χ0v) is 17.4. The molecule has 3 aromatic carbocycles. The van der Waals surface area contributed by atoms with Gasteiger partial charge in [-0.15, -0.1) is 11.3 Å². The normalized spacial score (nSPS) is 11.5. The summed E-state index contributed by atoms with van der Waals surface area (Å²) in [5, 5.41) is 7.33. The molecule has 4 aromatic rings. The molecular weight excluding hydrogens is 427 g/mol. The van der Waals surface area contributed by atoms with Crippen molar-refractivity contribution in [2.24, 2.45) is 0 Å². The maximum absolute atomic E-state index is 12.9. The predicted octanol–water partition coefficient (Wildman–Crippen LogP) is 7.10. The molecule has 1 aromatic heterocycles. The minimum atomic E-state index is -4.39. The molecule has 0 aliphatic rings. The van der Waals surface area contributed by atoms with Gasteiger partial charge in [0, 0.05) is 16.9 Å². The van der Waals surface area contributed by atoms with Crippen molar-refractivity contribution in [3.05, 3.63) is 77.9 Å². The Kier molecular flexibility index (Phi) is 5.44. The summed E-state index contributed by atoms with van der Waals surface area (Å²) in [6, 6.07) is 18.9. The molecule has 3 nitrogen and oxygen atoms in total. The molecule has 30 heavy (non-hydrogen) atoms. The van der Waals surface area contributed by atoms with Crippen molar-refractivity contribution in [1.82, 2.24) is 4.98 Å². The van der Waals surface area contributed by atoms with Crippen LogP contribution in [0, 0.1) is 6.92 Å². The van der Waals surface area contributed by atoms with Crippen LogP contribution < -0.4 is 10.6 Å². The fourth-order valence-electron chi connectivity index (χ4n) is 2.89. The minimum absolute atomic E-state index is 0.333. The van der Waals surface area contributed by atoms with Gasteiger partial charge in [0.2, 0.25) is 0 Å².